The van der Waals surface area contributed by atoms with E-state index in [0.717, 1.165) is 27.5 Å². The smallest absolute Gasteiger partial charge is 0.237 e. The first-order chi connectivity index (χ1) is 15.0. The van der Waals surface area contributed by atoms with E-state index < -0.39 is 0 Å². The monoisotopic (exact) mass is 440 g/mol. The molecule has 1 fully saturated rings. The van der Waals surface area contributed by atoms with Gasteiger partial charge in [-0.05, 0) is 31.5 Å². The van der Waals surface area contributed by atoms with Gasteiger partial charge in [-0.1, -0.05) is 0 Å². The SMILES string of the molecule is Cc1nc(CN2CC(OCc3ccncc3)CN(Cc3cnn(C)c3C)CC2=O)cs1. The topological polar surface area (TPSA) is 76.4 Å². The lowest BCUT2D eigenvalue weighted by Crippen LogP contribution is -2.37. The zero-order valence-electron chi connectivity index (χ0n) is 18.2. The molecule has 0 N–H and O–H groups in total. The predicted molar refractivity (Wildman–Crippen MR) is 118 cm³/mol. The third-order valence-corrected chi connectivity index (χ3v) is 6.41. The molecule has 8 nitrogen and oxygen atoms in total. The Labute approximate surface area is 186 Å². The van der Waals surface area contributed by atoms with E-state index in [4.69, 9.17) is 4.74 Å². The molecule has 0 radical (unpaired) electrons. The molecule has 4 rings (SSSR count). The lowest BCUT2D eigenvalue weighted by Gasteiger charge is -2.24. The van der Waals surface area contributed by atoms with Crippen LogP contribution >= 0.6 is 11.3 Å². The van der Waals surface area contributed by atoms with E-state index in [1.165, 1.54) is 0 Å². The minimum absolute atomic E-state index is 0.0993. The van der Waals surface area contributed by atoms with Gasteiger partial charge in [0.15, 0.2) is 0 Å². The van der Waals surface area contributed by atoms with Crippen molar-refractivity contribution in [1.29, 1.82) is 0 Å². The minimum atomic E-state index is -0.101. The maximum Gasteiger partial charge on any atom is 0.237 e. The summed E-state index contributed by atoms with van der Waals surface area (Å²) in [7, 11) is 1.94. The van der Waals surface area contributed by atoms with Gasteiger partial charge in [0.25, 0.3) is 0 Å². The first kappa shape index (κ1) is 21.6. The molecule has 0 saturated carbocycles. The largest absolute Gasteiger partial charge is 0.370 e. The third-order valence-electron chi connectivity index (χ3n) is 5.58. The highest BCUT2D eigenvalue weighted by atomic mass is 32.1. The summed E-state index contributed by atoms with van der Waals surface area (Å²) in [6.45, 7) is 7.29. The molecule has 0 bridgehead atoms. The van der Waals surface area contributed by atoms with Crippen molar-refractivity contribution in [3.8, 4) is 0 Å². The Kier molecular flexibility index (Phi) is 6.74. The average Bonchev–Trinajstić information content (AvgIpc) is 3.26. The Morgan fingerprint density at radius 3 is 2.68 bits per heavy atom. The number of rotatable bonds is 7. The van der Waals surface area contributed by atoms with Gasteiger partial charge in [0.2, 0.25) is 5.91 Å². The second-order valence-corrected chi connectivity index (χ2v) is 9.03. The van der Waals surface area contributed by atoms with Crippen LogP contribution in [0.4, 0.5) is 0 Å². The molecule has 1 atom stereocenters. The van der Waals surface area contributed by atoms with Gasteiger partial charge in [-0.2, -0.15) is 5.10 Å². The van der Waals surface area contributed by atoms with Crippen molar-refractivity contribution in [2.24, 2.45) is 7.05 Å². The fraction of sp³-hybridized carbons (Fsp3) is 0.455. The molecular formula is C22H28N6O2S. The first-order valence-electron chi connectivity index (χ1n) is 10.4. The van der Waals surface area contributed by atoms with Gasteiger partial charge >= 0.3 is 0 Å². The van der Waals surface area contributed by atoms with Crippen LogP contribution in [0.15, 0.2) is 36.1 Å². The number of carbonyl (C=O) groups excluding carboxylic acids is 1. The Bertz CT molecular complexity index is 1020. The molecule has 31 heavy (non-hydrogen) atoms. The van der Waals surface area contributed by atoms with E-state index in [1.807, 2.05) is 47.3 Å². The van der Waals surface area contributed by atoms with Crippen LogP contribution < -0.4 is 0 Å². The molecule has 1 amide bonds. The molecule has 9 heteroatoms. The molecule has 1 aliphatic heterocycles. The second-order valence-electron chi connectivity index (χ2n) is 7.97. The van der Waals surface area contributed by atoms with Gasteiger partial charge in [0.05, 0.1) is 42.7 Å². The Balaban J connectivity index is 1.49. The number of amides is 1. The molecule has 0 aliphatic carbocycles. The van der Waals surface area contributed by atoms with E-state index in [9.17, 15) is 4.79 Å². The van der Waals surface area contributed by atoms with Crippen LogP contribution in [-0.4, -0.2) is 61.2 Å². The maximum atomic E-state index is 13.1. The van der Waals surface area contributed by atoms with Crippen molar-refractivity contribution < 1.29 is 9.53 Å². The lowest BCUT2D eigenvalue weighted by molar-refractivity contribution is -0.132. The quantitative estimate of drug-likeness (QED) is 0.561. The number of carbonyl (C=O) groups is 1. The maximum absolute atomic E-state index is 13.1. The van der Waals surface area contributed by atoms with Gasteiger partial charge in [-0.3, -0.25) is 19.4 Å². The van der Waals surface area contributed by atoms with E-state index in [0.29, 0.717) is 39.3 Å². The summed E-state index contributed by atoms with van der Waals surface area (Å²) in [6, 6.07) is 3.91. The molecular weight excluding hydrogens is 412 g/mol. The zero-order valence-corrected chi connectivity index (χ0v) is 19.0. The average molecular weight is 441 g/mol. The summed E-state index contributed by atoms with van der Waals surface area (Å²) in [6.07, 6.45) is 5.32. The summed E-state index contributed by atoms with van der Waals surface area (Å²) in [5.74, 6) is 0.0993. The van der Waals surface area contributed by atoms with Crippen molar-refractivity contribution in [2.75, 3.05) is 19.6 Å². The van der Waals surface area contributed by atoms with Crippen LogP contribution in [0.3, 0.4) is 0 Å². The van der Waals surface area contributed by atoms with Crippen LogP contribution in [-0.2, 0) is 36.3 Å². The molecule has 0 spiro atoms. The van der Waals surface area contributed by atoms with Crippen LogP contribution in [0.1, 0.15) is 27.5 Å². The molecule has 1 aliphatic rings. The van der Waals surface area contributed by atoms with Crippen molar-refractivity contribution in [3.63, 3.8) is 0 Å². The predicted octanol–water partition coefficient (Wildman–Crippen LogP) is 2.32. The number of pyridine rings is 1. The normalized spacial score (nSPS) is 17.8. The summed E-state index contributed by atoms with van der Waals surface area (Å²) in [5, 5.41) is 7.38. The molecule has 3 aromatic rings. The van der Waals surface area contributed by atoms with Gasteiger partial charge in [0.1, 0.15) is 0 Å². The van der Waals surface area contributed by atoms with E-state index in [-0.39, 0.29) is 12.0 Å². The first-order valence-corrected chi connectivity index (χ1v) is 11.2. The number of thiazole rings is 1. The molecule has 4 heterocycles. The van der Waals surface area contributed by atoms with Crippen molar-refractivity contribution >= 4 is 17.2 Å². The summed E-state index contributed by atoms with van der Waals surface area (Å²) >= 11 is 1.61. The van der Waals surface area contributed by atoms with Crippen molar-refractivity contribution in [2.45, 2.75) is 39.6 Å². The minimum Gasteiger partial charge on any atom is -0.370 e. The van der Waals surface area contributed by atoms with Crippen molar-refractivity contribution in [1.82, 2.24) is 29.5 Å². The molecule has 1 saturated heterocycles. The van der Waals surface area contributed by atoms with Crippen LogP contribution in [0, 0.1) is 13.8 Å². The summed E-state index contributed by atoms with van der Waals surface area (Å²) in [4.78, 5) is 25.8. The number of nitrogens with zero attached hydrogens (tertiary/aromatic N) is 6. The number of hydrogen-bond donors (Lipinski definition) is 0. The highest BCUT2D eigenvalue weighted by molar-refractivity contribution is 7.09. The van der Waals surface area contributed by atoms with Gasteiger partial charge in [-0.25, -0.2) is 4.98 Å². The molecule has 3 aromatic heterocycles. The Hall–Kier alpha value is -2.62. The van der Waals surface area contributed by atoms with Crippen LogP contribution in [0.5, 0.6) is 0 Å². The Morgan fingerprint density at radius 2 is 2.00 bits per heavy atom. The highest BCUT2D eigenvalue weighted by Gasteiger charge is 2.29. The highest BCUT2D eigenvalue weighted by Crippen LogP contribution is 2.18. The van der Waals surface area contributed by atoms with Crippen molar-refractivity contribution in [3.05, 3.63) is 63.6 Å². The van der Waals surface area contributed by atoms with Gasteiger partial charge in [-0.15, -0.1) is 11.3 Å². The fourth-order valence-electron chi connectivity index (χ4n) is 3.74. The van der Waals surface area contributed by atoms with Crippen LogP contribution in [0.25, 0.3) is 0 Å². The van der Waals surface area contributed by atoms with Gasteiger partial charge in [0, 0.05) is 55.7 Å². The second kappa shape index (κ2) is 9.67. The van der Waals surface area contributed by atoms with E-state index >= 15 is 0 Å². The van der Waals surface area contributed by atoms with Crippen LogP contribution in [0.2, 0.25) is 0 Å². The van der Waals surface area contributed by atoms with E-state index in [1.54, 1.807) is 23.7 Å². The van der Waals surface area contributed by atoms with E-state index in [2.05, 4.69) is 26.9 Å². The zero-order chi connectivity index (χ0) is 21.8. The number of aryl methyl sites for hydroxylation is 2. The van der Waals surface area contributed by atoms with Gasteiger partial charge < -0.3 is 9.64 Å². The summed E-state index contributed by atoms with van der Waals surface area (Å²) < 4.78 is 8.14. The lowest BCUT2D eigenvalue weighted by atomic mass is 10.2. The Morgan fingerprint density at radius 1 is 1.19 bits per heavy atom. The number of aromatic nitrogens is 4. The fourth-order valence-corrected chi connectivity index (χ4v) is 4.34. The summed E-state index contributed by atoms with van der Waals surface area (Å²) in [5.41, 5.74) is 4.25. The third kappa shape index (κ3) is 5.55. The standard InChI is InChI=1S/C22H28N6O2S/c1-16-19(8-24-26(16)3)9-27-11-21(30-14-18-4-6-23-7-5-18)12-28(22(29)13-27)10-20-15-31-17(2)25-20/h4-8,15,21H,9-14H2,1-3H3. The molecule has 0 aromatic carbocycles. The molecule has 164 valence electrons. The number of ether oxygens (including phenoxy) is 1. The molecule has 1 unspecified atom stereocenters. The number of hydrogen-bond acceptors (Lipinski definition) is 7.